The maximum absolute atomic E-state index is 12.9. The zero-order chi connectivity index (χ0) is 25.7. The Hall–Kier alpha value is -3.05. The maximum Gasteiger partial charge on any atom is 0.293 e. The molecule has 1 aliphatic rings. The molecule has 0 bridgehead atoms. The minimum Gasteiger partial charge on any atom is -0.493 e. The van der Waals surface area contributed by atoms with Crippen molar-refractivity contribution in [1.82, 2.24) is 9.88 Å². The lowest BCUT2D eigenvalue weighted by Crippen LogP contribution is -2.32. The van der Waals surface area contributed by atoms with Gasteiger partial charge in [-0.1, -0.05) is 18.2 Å². The topological polar surface area (TPSA) is 78.0 Å². The molecule has 1 aliphatic heterocycles. The van der Waals surface area contributed by atoms with E-state index in [1.807, 2.05) is 56.3 Å². The molecule has 2 heterocycles. The predicted molar refractivity (Wildman–Crippen MR) is 148 cm³/mol. The minimum atomic E-state index is -0.334. The fourth-order valence-corrected chi connectivity index (χ4v) is 5.19. The van der Waals surface area contributed by atoms with Crippen LogP contribution in [0.2, 0.25) is 0 Å². The highest BCUT2D eigenvalue weighted by atomic mass is 127. The summed E-state index contributed by atoms with van der Waals surface area (Å²) in [4.78, 5) is 31.3. The van der Waals surface area contributed by atoms with Gasteiger partial charge in [0.1, 0.15) is 19.0 Å². The van der Waals surface area contributed by atoms with Crippen LogP contribution in [-0.4, -0.2) is 41.3 Å². The monoisotopic (exact) mass is 616 g/mol. The predicted octanol–water partition coefficient (Wildman–Crippen LogP) is 6.01. The van der Waals surface area contributed by atoms with Crippen molar-refractivity contribution in [3.8, 4) is 17.2 Å². The number of nitrogens with zero attached hydrogens (tertiary/aromatic N) is 2. The van der Waals surface area contributed by atoms with E-state index in [9.17, 15) is 9.59 Å². The summed E-state index contributed by atoms with van der Waals surface area (Å²) in [7, 11) is 1.56. The number of carbonyl (C=O) groups excluding carboxylic acids is 2. The summed E-state index contributed by atoms with van der Waals surface area (Å²) in [6, 6.07) is 15.2. The number of halogens is 1. The van der Waals surface area contributed by atoms with Gasteiger partial charge in [0.15, 0.2) is 11.5 Å². The molecule has 1 fully saturated rings. The highest BCUT2D eigenvalue weighted by Crippen LogP contribution is 2.37. The van der Waals surface area contributed by atoms with Crippen molar-refractivity contribution in [1.29, 1.82) is 0 Å². The number of hydrogen-bond acceptors (Lipinski definition) is 7. The zero-order valence-corrected chi connectivity index (χ0v) is 23.1. The van der Waals surface area contributed by atoms with Crippen molar-refractivity contribution >= 4 is 51.6 Å². The van der Waals surface area contributed by atoms with Crippen molar-refractivity contribution in [3.05, 3.63) is 85.6 Å². The van der Waals surface area contributed by atoms with Gasteiger partial charge >= 0.3 is 0 Å². The smallest absolute Gasteiger partial charge is 0.293 e. The number of amides is 2. The van der Waals surface area contributed by atoms with Crippen LogP contribution in [0, 0.1) is 17.4 Å². The molecule has 3 aromatic rings. The molecule has 2 aromatic carbocycles. The first-order chi connectivity index (χ1) is 17.4. The molecule has 1 aromatic heterocycles. The Morgan fingerprint density at radius 2 is 1.89 bits per heavy atom. The summed E-state index contributed by atoms with van der Waals surface area (Å²) >= 11 is 3.09. The average Bonchev–Trinajstić information content (AvgIpc) is 3.13. The quantitative estimate of drug-likeness (QED) is 0.216. The van der Waals surface area contributed by atoms with E-state index < -0.39 is 0 Å². The van der Waals surface area contributed by atoms with Crippen LogP contribution in [-0.2, 0) is 11.4 Å². The number of rotatable bonds is 9. The van der Waals surface area contributed by atoms with Gasteiger partial charge in [-0.3, -0.25) is 19.5 Å². The number of aromatic nitrogens is 1. The van der Waals surface area contributed by atoms with E-state index in [0.29, 0.717) is 23.0 Å². The van der Waals surface area contributed by atoms with E-state index in [2.05, 4.69) is 27.6 Å². The van der Waals surface area contributed by atoms with Gasteiger partial charge in [-0.2, -0.15) is 0 Å². The normalized spacial score (nSPS) is 14.4. The Kier molecular flexibility index (Phi) is 8.52. The fourth-order valence-electron chi connectivity index (χ4n) is 3.55. The van der Waals surface area contributed by atoms with Gasteiger partial charge < -0.3 is 14.2 Å². The third-order valence-corrected chi connectivity index (χ3v) is 7.14. The second kappa shape index (κ2) is 11.8. The summed E-state index contributed by atoms with van der Waals surface area (Å²) in [5.74, 6) is 1.55. The van der Waals surface area contributed by atoms with Crippen LogP contribution in [0.4, 0.5) is 4.79 Å². The lowest BCUT2D eigenvalue weighted by molar-refractivity contribution is -0.123. The summed E-state index contributed by atoms with van der Waals surface area (Å²) in [6.45, 7) is 4.65. The summed E-state index contributed by atoms with van der Waals surface area (Å²) in [5.41, 5.74) is 3.63. The summed E-state index contributed by atoms with van der Waals surface area (Å²) < 4.78 is 18.1. The molecular weight excluding hydrogens is 591 g/mol. The Labute approximate surface area is 228 Å². The van der Waals surface area contributed by atoms with Crippen LogP contribution in [0.3, 0.4) is 0 Å². The first-order valence-electron chi connectivity index (χ1n) is 11.2. The van der Waals surface area contributed by atoms with Gasteiger partial charge in [-0.15, -0.1) is 0 Å². The minimum absolute atomic E-state index is 0.177. The van der Waals surface area contributed by atoms with Crippen LogP contribution in [0.15, 0.2) is 59.6 Å². The number of methoxy groups -OCH3 is 1. The Bertz CT molecular complexity index is 1310. The molecule has 186 valence electrons. The first-order valence-corrected chi connectivity index (χ1v) is 13.1. The van der Waals surface area contributed by atoms with Crippen molar-refractivity contribution in [3.63, 3.8) is 0 Å². The lowest BCUT2D eigenvalue weighted by Gasteiger charge is -2.15. The number of hydrogen-bond donors (Lipinski definition) is 0. The number of carbonyl (C=O) groups is 2. The molecule has 7 nitrogen and oxygen atoms in total. The lowest BCUT2D eigenvalue weighted by atomic mass is 10.1. The molecule has 0 spiro atoms. The molecule has 36 heavy (non-hydrogen) atoms. The van der Waals surface area contributed by atoms with Gasteiger partial charge in [0, 0.05) is 6.20 Å². The fraction of sp³-hybridized carbons (Fsp3) is 0.222. The standard InChI is InChI=1S/C27H25IN2O5S/c1-17-7-8-18(2)22(12-17)34-11-10-30-26(31)24(36-27(30)32)15-19-13-21(28)25(23(14-19)33-3)35-16-20-6-4-5-9-29-20/h4-9,12-15H,10-11,16H2,1-3H3/b24-15-. The third-order valence-electron chi connectivity index (χ3n) is 5.43. The summed E-state index contributed by atoms with van der Waals surface area (Å²) in [6.07, 6.45) is 3.41. The summed E-state index contributed by atoms with van der Waals surface area (Å²) in [5, 5.41) is -0.312. The molecule has 0 radical (unpaired) electrons. The van der Waals surface area contributed by atoms with Crippen LogP contribution in [0.25, 0.3) is 6.08 Å². The molecule has 0 aliphatic carbocycles. The van der Waals surface area contributed by atoms with Crippen molar-refractivity contribution in [2.45, 2.75) is 20.5 Å². The molecule has 0 N–H and O–H groups in total. The van der Waals surface area contributed by atoms with E-state index >= 15 is 0 Å². The Morgan fingerprint density at radius 1 is 1.06 bits per heavy atom. The van der Waals surface area contributed by atoms with E-state index in [-0.39, 0.29) is 24.3 Å². The van der Waals surface area contributed by atoms with Crippen LogP contribution >= 0.6 is 34.4 Å². The van der Waals surface area contributed by atoms with Gasteiger partial charge in [-0.25, -0.2) is 0 Å². The second-order valence-electron chi connectivity index (χ2n) is 8.09. The van der Waals surface area contributed by atoms with E-state index in [1.165, 1.54) is 4.90 Å². The third kappa shape index (κ3) is 6.19. The van der Waals surface area contributed by atoms with Gasteiger partial charge in [0.2, 0.25) is 0 Å². The van der Waals surface area contributed by atoms with E-state index in [0.717, 1.165) is 43.5 Å². The molecule has 0 saturated carbocycles. The van der Waals surface area contributed by atoms with Crippen molar-refractivity contribution in [2.75, 3.05) is 20.3 Å². The molecule has 0 unspecified atom stereocenters. The van der Waals surface area contributed by atoms with Crippen LogP contribution in [0.5, 0.6) is 17.2 Å². The highest BCUT2D eigenvalue weighted by Gasteiger charge is 2.35. The molecule has 4 rings (SSSR count). The molecule has 2 amide bonds. The molecule has 0 atom stereocenters. The Balaban J connectivity index is 1.44. The van der Waals surface area contributed by atoms with Crippen LogP contribution in [0.1, 0.15) is 22.4 Å². The van der Waals surface area contributed by atoms with Gasteiger partial charge in [0.25, 0.3) is 11.1 Å². The van der Waals surface area contributed by atoms with Crippen LogP contribution < -0.4 is 14.2 Å². The Morgan fingerprint density at radius 3 is 2.64 bits per heavy atom. The van der Waals surface area contributed by atoms with Gasteiger partial charge in [-0.05, 0) is 101 Å². The molecule has 9 heteroatoms. The number of pyridine rings is 1. The number of imide groups is 1. The van der Waals surface area contributed by atoms with Crippen molar-refractivity contribution in [2.24, 2.45) is 0 Å². The molecule has 1 saturated heterocycles. The number of thioether (sulfide) groups is 1. The number of aryl methyl sites for hydroxylation is 2. The average molecular weight is 616 g/mol. The van der Waals surface area contributed by atoms with Crippen molar-refractivity contribution < 1.29 is 23.8 Å². The number of ether oxygens (including phenoxy) is 3. The number of benzene rings is 2. The highest BCUT2D eigenvalue weighted by molar-refractivity contribution is 14.1. The van der Waals surface area contributed by atoms with E-state index in [1.54, 1.807) is 25.4 Å². The largest absolute Gasteiger partial charge is 0.493 e. The zero-order valence-electron chi connectivity index (χ0n) is 20.1. The van der Waals surface area contributed by atoms with E-state index in [4.69, 9.17) is 14.2 Å². The molecular formula is C27H25IN2O5S. The SMILES string of the molecule is COc1cc(/C=C2\SC(=O)N(CCOc3cc(C)ccc3C)C2=O)cc(I)c1OCc1ccccn1. The van der Waals surface area contributed by atoms with Gasteiger partial charge in [0.05, 0.1) is 27.8 Å². The first kappa shape index (κ1) is 26.0. The maximum atomic E-state index is 12.9. The second-order valence-corrected chi connectivity index (χ2v) is 10.3.